The number of hydrogen-bond acceptors (Lipinski definition) is 4. The number of nitrogens with zero attached hydrogens (tertiary/aromatic N) is 4. The van der Waals surface area contributed by atoms with Crippen molar-refractivity contribution < 1.29 is 9.18 Å². The van der Waals surface area contributed by atoms with Gasteiger partial charge in [0.2, 0.25) is 5.91 Å². The van der Waals surface area contributed by atoms with Gasteiger partial charge < -0.3 is 9.88 Å². The van der Waals surface area contributed by atoms with Gasteiger partial charge in [-0.15, -0.1) is 0 Å². The predicted octanol–water partition coefficient (Wildman–Crippen LogP) is 2.62. The largest absolute Gasteiger partial charge is 0.334 e. The zero-order valence-corrected chi connectivity index (χ0v) is 14.5. The Kier molecular flexibility index (Phi) is 4.38. The highest BCUT2D eigenvalue weighted by molar-refractivity contribution is 5.94. The zero-order chi connectivity index (χ0) is 18.1. The van der Waals surface area contributed by atoms with E-state index in [1.807, 2.05) is 40.9 Å². The summed E-state index contributed by atoms with van der Waals surface area (Å²) in [5.41, 5.74) is 2.07. The minimum atomic E-state index is -0.827. The molecule has 26 heavy (non-hydrogen) atoms. The number of pyridine rings is 1. The number of fused-ring (bicyclic) bond motifs is 1. The normalized spacial score (nSPS) is 17.7. The van der Waals surface area contributed by atoms with Crippen molar-refractivity contribution in [3.05, 3.63) is 43.0 Å². The molecule has 1 fully saturated rings. The summed E-state index contributed by atoms with van der Waals surface area (Å²) >= 11 is 0. The number of alkyl halides is 1. The molecule has 3 aromatic rings. The Morgan fingerprint density at radius 1 is 1.31 bits per heavy atom. The maximum atomic E-state index is 13.2. The summed E-state index contributed by atoms with van der Waals surface area (Å²) in [4.78, 5) is 22.5. The summed E-state index contributed by atoms with van der Waals surface area (Å²) in [7, 11) is 1.95. The van der Waals surface area contributed by atoms with Crippen LogP contribution >= 0.6 is 0 Å². The molecule has 6 nitrogen and oxygen atoms in total. The fourth-order valence-electron chi connectivity index (χ4n) is 3.32. The number of rotatable bonds is 4. The minimum absolute atomic E-state index is 0.172. The van der Waals surface area contributed by atoms with E-state index >= 15 is 0 Å². The van der Waals surface area contributed by atoms with Gasteiger partial charge in [-0.25, -0.2) is 14.4 Å². The van der Waals surface area contributed by atoms with Crippen LogP contribution in [-0.4, -0.2) is 51.1 Å². The van der Waals surface area contributed by atoms with E-state index in [9.17, 15) is 9.18 Å². The second-order valence-electron chi connectivity index (χ2n) is 6.69. The molecule has 134 valence electrons. The number of amides is 1. The first-order chi connectivity index (χ1) is 12.6. The molecule has 2 aromatic heterocycles. The number of aryl methyl sites for hydroxylation is 1. The number of hydrogen-bond donors (Lipinski definition) is 1. The van der Waals surface area contributed by atoms with Crippen molar-refractivity contribution in [3.63, 3.8) is 0 Å². The lowest BCUT2D eigenvalue weighted by molar-refractivity contribution is -0.117. The number of carbonyl (C=O) groups is 1. The first-order valence-electron chi connectivity index (χ1n) is 8.61. The van der Waals surface area contributed by atoms with E-state index in [4.69, 9.17) is 0 Å². The van der Waals surface area contributed by atoms with Crippen LogP contribution in [-0.2, 0) is 11.8 Å². The Balaban J connectivity index is 1.52. The molecule has 1 aliphatic rings. The number of carbonyl (C=O) groups excluding carboxylic acids is 1. The van der Waals surface area contributed by atoms with Gasteiger partial charge in [0.15, 0.2) is 0 Å². The molecule has 1 saturated heterocycles. The molecule has 1 N–H and O–H groups in total. The Morgan fingerprint density at radius 3 is 2.92 bits per heavy atom. The van der Waals surface area contributed by atoms with Crippen LogP contribution in [0.25, 0.3) is 22.0 Å². The number of nitrogens with one attached hydrogen (secondary N) is 1. The molecule has 0 radical (unpaired) electrons. The molecule has 4 rings (SSSR count). The van der Waals surface area contributed by atoms with Gasteiger partial charge in [-0.3, -0.25) is 9.69 Å². The molecule has 1 atom stereocenters. The molecule has 0 saturated carbocycles. The third kappa shape index (κ3) is 3.43. The number of halogens is 1. The molecule has 0 bridgehead atoms. The van der Waals surface area contributed by atoms with Gasteiger partial charge in [0.25, 0.3) is 0 Å². The Hall–Kier alpha value is -2.80. The predicted molar refractivity (Wildman–Crippen MR) is 98.5 cm³/mol. The third-order valence-corrected chi connectivity index (χ3v) is 4.68. The van der Waals surface area contributed by atoms with E-state index in [1.54, 1.807) is 12.5 Å². The lowest BCUT2D eigenvalue weighted by Crippen LogP contribution is -2.32. The highest BCUT2D eigenvalue weighted by Crippen LogP contribution is 2.25. The minimum Gasteiger partial charge on any atom is -0.334 e. The van der Waals surface area contributed by atoms with Crippen molar-refractivity contribution in [1.82, 2.24) is 19.4 Å². The molecule has 3 heterocycles. The van der Waals surface area contributed by atoms with Crippen LogP contribution < -0.4 is 5.32 Å². The van der Waals surface area contributed by atoms with Crippen LogP contribution in [0, 0.1) is 0 Å². The van der Waals surface area contributed by atoms with Crippen LogP contribution in [0.2, 0.25) is 0 Å². The Bertz CT molecular complexity index is 954. The highest BCUT2D eigenvalue weighted by atomic mass is 19.1. The lowest BCUT2D eigenvalue weighted by atomic mass is 10.1. The Labute approximate surface area is 150 Å². The smallest absolute Gasteiger partial charge is 0.239 e. The van der Waals surface area contributed by atoms with Crippen molar-refractivity contribution in [2.24, 2.45) is 7.05 Å². The van der Waals surface area contributed by atoms with Gasteiger partial charge >= 0.3 is 0 Å². The standard InChI is InChI=1S/C19H20FN5O/c1-24-12-21-9-17(24)13-2-3-14-8-22-18(7-15(14)6-13)23-19(26)11-25-5-4-16(20)10-25/h2-3,6-9,12,16H,4-5,10-11H2,1H3,(H,22,23,26). The van der Waals surface area contributed by atoms with Crippen molar-refractivity contribution in [1.29, 1.82) is 0 Å². The van der Waals surface area contributed by atoms with Gasteiger partial charge in [-0.1, -0.05) is 12.1 Å². The van der Waals surface area contributed by atoms with Gasteiger partial charge in [-0.05, 0) is 23.9 Å². The average molecular weight is 353 g/mol. The SMILES string of the molecule is Cn1cncc1-c1ccc2cnc(NC(=O)CN3CCC(F)C3)cc2c1. The second kappa shape index (κ2) is 6.84. The second-order valence-corrected chi connectivity index (χ2v) is 6.69. The molecule has 1 amide bonds. The van der Waals surface area contributed by atoms with Crippen LogP contribution in [0.15, 0.2) is 43.0 Å². The van der Waals surface area contributed by atoms with Crippen molar-refractivity contribution in [2.75, 3.05) is 25.0 Å². The summed E-state index contributed by atoms with van der Waals surface area (Å²) in [6.45, 7) is 1.13. The monoisotopic (exact) mass is 353 g/mol. The summed E-state index contributed by atoms with van der Waals surface area (Å²) in [5, 5.41) is 4.79. The van der Waals surface area contributed by atoms with Gasteiger partial charge in [0, 0.05) is 37.3 Å². The summed E-state index contributed by atoms with van der Waals surface area (Å²) < 4.78 is 15.2. The number of likely N-dealkylation sites (tertiary alicyclic amines) is 1. The van der Waals surface area contributed by atoms with E-state index in [0.717, 1.165) is 22.0 Å². The molecule has 0 aliphatic carbocycles. The van der Waals surface area contributed by atoms with E-state index in [0.29, 0.717) is 25.3 Å². The lowest BCUT2D eigenvalue weighted by Gasteiger charge is -2.14. The molecule has 1 unspecified atom stereocenters. The molecule has 1 aliphatic heterocycles. The number of imidazole rings is 1. The van der Waals surface area contributed by atoms with Crippen molar-refractivity contribution in [2.45, 2.75) is 12.6 Å². The molecule has 1 aromatic carbocycles. The molecule has 7 heteroatoms. The fraction of sp³-hybridized carbons (Fsp3) is 0.316. The fourth-order valence-corrected chi connectivity index (χ4v) is 3.32. The highest BCUT2D eigenvalue weighted by Gasteiger charge is 2.23. The van der Waals surface area contributed by atoms with Crippen LogP contribution in [0.5, 0.6) is 0 Å². The summed E-state index contributed by atoms with van der Waals surface area (Å²) in [6, 6.07) is 7.94. The number of benzene rings is 1. The molecule has 0 spiro atoms. The quantitative estimate of drug-likeness (QED) is 0.783. The van der Waals surface area contributed by atoms with E-state index in [2.05, 4.69) is 21.4 Å². The van der Waals surface area contributed by atoms with E-state index in [-0.39, 0.29) is 12.5 Å². The molecular formula is C19H20FN5O. The Morgan fingerprint density at radius 2 is 2.19 bits per heavy atom. The first-order valence-corrected chi connectivity index (χ1v) is 8.61. The third-order valence-electron chi connectivity index (χ3n) is 4.68. The maximum Gasteiger partial charge on any atom is 0.239 e. The van der Waals surface area contributed by atoms with Gasteiger partial charge in [0.05, 0.1) is 24.8 Å². The molecular weight excluding hydrogens is 333 g/mol. The van der Waals surface area contributed by atoms with Crippen LogP contribution in [0.3, 0.4) is 0 Å². The first kappa shape index (κ1) is 16.7. The van der Waals surface area contributed by atoms with Gasteiger partial charge in [0.1, 0.15) is 12.0 Å². The van der Waals surface area contributed by atoms with E-state index < -0.39 is 6.17 Å². The van der Waals surface area contributed by atoms with Crippen LogP contribution in [0.4, 0.5) is 10.2 Å². The van der Waals surface area contributed by atoms with Crippen molar-refractivity contribution >= 4 is 22.5 Å². The van der Waals surface area contributed by atoms with E-state index in [1.165, 1.54) is 0 Å². The van der Waals surface area contributed by atoms with Gasteiger partial charge in [-0.2, -0.15) is 0 Å². The number of aromatic nitrogens is 3. The average Bonchev–Trinajstić information content (AvgIpc) is 3.22. The zero-order valence-electron chi connectivity index (χ0n) is 14.5. The summed E-state index contributed by atoms with van der Waals surface area (Å²) in [5.74, 6) is 0.328. The van der Waals surface area contributed by atoms with Crippen LogP contribution in [0.1, 0.15) is 6.42 Å². The number of anilines is 1. The summed E-state index contributed by atoms with van der Waals surface area (Å²) in [6.07, 6.45) is 4.99. The topological polar surface area (TPSA) is 63.1 Å². The maximum absolute atomic E-state index is 13.2. The van der Waals surface area contributed by atoms with Crippen molar-refractivity contribution in [3.8, 4) is 11.3 Å².